The number of ether oxygens (including phenoxy) is 1. The molecule has 1 saturated heterocycles. The van der Waals surface area contributed by atoms with Crippen molar-refractivity contribution in [3.8, 4) is 0 Å². The highest BCUT2D eigenvalue weighted by molar-refractivity contribution is 7.89. The number of piperidine rings is 1. The Bertz CT molecular complexity index is 1130. The number of aryl methyl sites for hydroxylation is 2. The summed E-state index contributed by atoms with van der Waals surface area (Å²) in [5.74, 6) is -1.03. The van der Waals surface area contributed by atoms with Crippen molar-refractivity contribution in [2.45, 2.75) is 51.4 Å². The van der Waals surface area contributed by atoms with E-state index in [1.807, 2.05) is 30.3 Å². The normalized spacial score (nSPS) is 18.8. The quantitative estimate of drug-likeness (QED) is 0.548. The molecule has 2 aromatic rings. The molecule has 34 heavy (non-hydrogen) atoms. The van der Waals surface area contributed by atoms with Gasteiger partial charge in [0.2, 0.25) is 15.9 Å². The summed E-state index contributed by atoms with van der Waals surface area (Å²) in [6.45, 7) is 0.621. The van der Waals surface area contributed by atoms with Crippen LogP contribution in [0.2, 0.25) is 0 Å². The highest BCUT2D eigenvalue weighted by atomic mass is 32.2. The Morgan fingerprint density at radius 3 is 2.68 bits per heavy atom. The fraction of sp³-hybridized carbons (Fsp3) is 0.520. The van der Waals surface area contributed by atoms with E-state index in [-0.39, 0.29) is 18.2 Å². The topological polar surface area (TPSA) is 92.8 Å². The second kappa shape index (κ2) is 11.0. The van der Waals surface area contributed by atoms with Gasteiger partial charge in [-0.2, -0.15) is 0 Å². The number of anilines is 1. The predicted octanol–water partition coefficient (Wildman–Crippen LogP) is 4.03. The van der Waals surface area contributed by atoms with Gasteiger partial charge in [0.05, 0.1) is 24.3 Å². The molecule has 0 saturated carbocycles. The molecule has 1 N–H and O–H groups in total. The number of amides is 1. The fourth-order valence-corrected chi connectivity index (χ4v) is 7.69. The van der Waals surface area contributed by atoms with Gasteiger partial charge in [-0.3, -0.25) is 4.79 Å². The Morgan fingerprint density at radius 2 is 1.91 bits per heavy atom. The summed E-state index contributed by atoms with van der Waals surface area (Å²) in [7, 11) is -2.09. The summed E-state index contributed by atoms with van der Waals surface area (Å²) < 4.78 is 32.4. The molecule has 1 aliphatic carbocycles. The summed E-state index contributed by atoms with van der Waals surface area (Å²) in [5, 5.41) is 3.48. The number of nitrogens with zero attached hydrogens (tertiary/aromatic N) is 1. The van der Waals surface area contributed by atoms with Crippen molar-refractivity contribution in [3.63, 3.8) is 0 Å². The minimum Gasteiger partial charge on any atom is -0.465 e. The first-order chi connectivity index (χ1) is 16.4. The molecule has 4 rings (SSSR count). The van der Waals surface area contributed by atoms with Crippen molar-refractivity contribution in [2.75, 3.05) is 31.3 Å². The number of nitrogens with one attached hydrogen (secondary N) is 1. The van der Waals surface area contributed by atoms with Crippen LogP contribution < -0.4 is 5.32 Å². The zero-order valence-corrected chi connectivity index (χ0v) is 21.2. The molecule has 1 unspecified atom stereocenters. The Balaban J connectivity index is 1.40. The lowest BCUT2D eigenvalue weighted by Crippen LogP contribution is -2.44. The number of carbonyl (C=O) groups excluding carboxylic acids is 2. The lowest BCUT2D eigenvalue weighted by Gasteiger charge is -2.31. The van der Waals surface area contributed by atoms with Crippen molar-refractivity contribution < 1.29 is 22.7 Å². The Hall–Kier alpha value is -2.23. The first kappa shape index (κ1) is 24.9. The maximum atomic E-state index is 13.1. The molecule has 0 radical (unpaired) electrons. The number of methoxy groups -OCH3 is 1. The minimum atomic E-state index is -3.44. The van der Waals surface area contributed by atoms with Crippen LogP contribution in [0.15, 0.2) is 30.3 Å². The van der Waals surface area contributed by atoms with Crippen LogP contribution in [0.1, 0.15) is 58.5 Å². The maximum Gasteiger partial charge on any atom is 0.341 e. The average molecular weight is 505 g/mol. The summed E-state index contributed by atoms with van der Waals surface area (Å²) in [5.41, 5.74) is 2.58. The van der Waals surface area contributed by atoms with Crippen molar-refractivity contribution in [3.05, 3.63) is 51.9 Å². The first-order valence-corrected chi connectivity index (χ1v) is 14.4. The van der Waals surface area contributed by atoms with E-state index in [4.69, 9.17) is 4.74 Å². The molecule has 1 aromatic heterocycles. The van der Waals surface area contributed by atoms with Crippen LogP contribution in [0.4, 0.5) is 5.00 Å². The van der Waals surface area contributed by atoms with Gasteiger partial charge in [-0.25, -0.2) is 17.5 Å². The summed E-state index contributed by atoms with van der Waals surface area (Å²) >= 11 is 1.45. The lowest BCUT2D eigenvalue weighted by molar-refractivity contribution is -0.120. The van der Waals surface area contributed by atoms with Gasteiger partial charge in [0.25, 0.3) is 0 Å². The maximum absolute atomic E-state index is 13.1. The van der Waals surface area contributed by atoms with Crippen molar-refractivity contribution in [1.29, 1.82) is 0 Å². The molecule has 184 valence electrons. The number of benzene rings is 1. The lowest BCUT2D eigenvalue weighted by atomic mass is 9.95. The second-order valence-corrected chi connectivity index (χ2v) is 12.2. The molecular weight excluding hydrogens is 472 g/mol. The van der Waals surface area contributed by atoms with E-state index in [0.717, 1.165) is 41.7 Å². The molecule has 1 fully saturated rings. The van der Waals surface area contributed by atoms with Gasteiger partial charge in [-0.05, 0) is 62.5 Å². The van der Waals surface area contributed by atoms with Gasteiger partial charge < -0.3 is 10.1 Å². The Kier molecular flexibility index (Phi) is 8.06. The van der Waals surface area contributed by atoms with E-state index in [1.165, 1.54) is 22.8 Å². The van der Waals surface area contributed by atoms with Crippen LogP contribution in [0.5, 0.6) is 0 Å². The van der Waals surface area contributed by atoms with E-state index < -0.39 is 21.9 Å². The molecule has 0 spiro atoms. The molecule has 1 atom stereocenters. The third-order valence-corrected chi connectivity index (χ3v) is 9.79. The smallest absolute Gasteiger partial charge is 0.341 e. The van der Waals surface area contributed by atoms with Crippen LogP contribution in [-0.2, 0) is 38.8 Å². The number of sulfonamides is 1. The predicted molar refractivity (Wildman–Crippen MR) is 134 cm³/mol. The molecule has 2 heterocycles. The number of hydrogen-bond donors (Lipinski definition) is 1. The Labute approximate surface area is 205 Å². The summed E-state index contributed by atoms with van der Waals surface area (Å²) in [4.78, 5) is 26.7. The summed E-state index contributed by atoms with van der Waals surface area (Å²) in [6, 6.07) is 9.84. The van der Waals surface area contributed by atoms with E-state index in [0.29, 0.717) is 42.8 Å². The molecule has 7 nitrogen and oxygen atoms in total. The number of thiophene rings is 1. The van der Waals surface area contributed by atoms with E-state index in [9.17, 15) is 18.0 Å². The third kappa shape index (κ3) is 5.70. The number of fused-ring (bicyclic) bond motifs is 1. The summed E-state index contributed by atoms with van der Waals surface area (Å²) in [6.07, 6.45) is 6.31. The largest absolute Gasteiger partial charge is 0.465 e. The first-order valence-electron chi connectivity index (χ1n) is 11.9. The van der Waals surface area contributed by atoms with Crippen molar-refractivity contribution >= 4 is 38.2 Å². The number of hydrogen-bond acceptors (Lipinski definition) is 6. The van der Waals surface area contributed by atoms with Crippen molar-refractivity contribution in [2.24, 2.45) is 5.92 Å². The monoisotopic (exact) mass is 504 g/mol. The van der Waals surface area contributed by atoms with Crippen LogP contribution in [-0.4, -0.2) is 50.6 Å². The number of rotatable bonds is 8. The van der Waals surface area contributed by atoms with Crippen LogP contribution in [0.25, 0.3) is 0 Å². The molecule has 2 aliphatic rings. The third-order valence-electron chi connectivity index (χ3n) is 6.66. The van der Waals surface area contributed by atoms with Crippen LogP contribution in [0.3, 0.4) is 0 Å². The highest BCUT2D eigenvalue weighted by Gasteiger charge is 2.34. The van der Waals surface area contributed by atoms with Gasteiger partial charge in [-0.15, -0.1) is 11.3 Å². The van der Waals surface area contributed by atoms with Gasteiger partial charge in [0.15, 0.2) is 0 Å². The molecule has 0 bridgehead atoms. The average Bonchev–Trinajstić information content (AvgIpc) is 3.22. The van der Waals surface area contributed by atoms with Gasteiger partial charge in [-0.1, -0.05) is 30.3 Å². The molecular formula is C25H32N2O5S2. The van der Waals surface area contributed by atoms with E-state index in [1.54, 1.807) is 0 Å². The number of esters is 1. The molecule has 9 heteroatoms. The van der Waals surface area contributed by atoms with Gasteiger partial charge in [0.1, 0.15) is 5.00 Å². The standard InChI is InChI=1S/C25H32N2O5S2/c1-32-25(29)22-20-13-5-6-14-21(20)33-24(22)26-23(28)19-12-7-15-27(17-19)34(30,31)16-8-11-18-9-3-2-4-10-18/h2-4,9-10,19H,5-8,11-17H2,1H3,(H,26,28). The SMILES string of the molecule is COC(=O)c1c(NC(=O)C2CCCN(S(=O)(=O)CCCc3ccccc3)C2)sc2c1CCCC2. The Morgan fingerprint density at radius 1 is 1.15 bits per heavy atom. The molecule has 1 aromatic carbocycles. The van der Waals surface area contributed by atoms with Crippen molar-refractivity contribution in [1.82, 2.24) is 4.31 Å². The molecule has 1 amide bonds. The highest BCUT2D eigenvalue weighted by Crippen LogP contribution is 2.39. The van der Waals surface area contributed by atoms with E-state index >= 15 is 0 Å². The van der Waals surface area contributed by atoms with Crippen LogP contribution >= 0.6 is 11.3 Å². The van der Waals surface area contributed by atoms with E-state index in [2.05, 4.69) is 5.32 Å². The minimum absolute atomic E-state index is 0.0698. The van der Waals surface area contributed by atoms with Gasteiger partial charge in [0, 0.05) is 18.0 Å². The zero-order valence-electron chi connectivity index (χ0n) is 19.5. The van der Waals surface area contributed by atoms with Crippen LogP contribution in [0, 0.1) is 5.92 Å². The van der Waals surface area contributed by atoms with Gasteiger partial charge >= 0.3 is 5.97 Å². The molecule has 1 aliphatic heterocycles. The number of carbonyl (C=O) groups is 2. The second-order valence-electron chi connectivity index (χ2n) is 9.00. The fourth-order valence-electron chi connectivity index (χ4n) is 4.83. The zero-order chi connectivity index (χ0) is 24.1.